The van der Waals surface area contributed by atoms with Gasteiger partial charge in [0.25, 0.3) is 0 Å². The fraction of sp³-hybridized carbons (Fsp3) is 0.417. The normalized spacial score (nSPS) is 11.9. The topological polar surface area (TPSA) is 73.4 Å². The minimum atomic E-state index is -0.405. The van der Waals surface area contributed by atoms with E-state index in [4.69, 9.17) is 5.11 Å². The summed E-state index contributed by atoms with van der Waals surface area (Å²) in [6.07, 6.45) is -0.405. The third-order valence-corrected chi connectivity index (χ3v) is 2.13. The van der Waals surface area contributed by atoms with E-state index in [9.17, 15) is 9.18 Å². The molecule has 0 aliphatic rings. The van der Waals surface area contributed by atoms with Crippen molar-refractivity contribution in [2.75, 3.05) is 25.0 Å². The lowest BCUT2D eigenvalue weighted by molar-refractivity contribution is 0.191. The number of hydrogen-bond donors (Lipinski definition) is 4. The highest BCUT2D eigenvalue weighted by molar-refractivity contribution is 5.89. The summed E-state index contributed by atoms with van der Waals surface area (Å²) in [6, 6.07) is 5.18. The molecule has 5 nitrogen and oxygen atoms in total. The van der Waals surface area contributed by atoms with E-state index in [1.807, 2.05) is 0 Å². The first-order valence-corrected chi connectivity index (χ1v) is 5.77. The zero-order valence-corrected chi connectivity index (χ0v) is 10.2. The number of urea groups is 1. The molecule has 0 radical (unpaired) electrons. The van der Waals surface area contributed by atoms with Crippen molar-refractivity contribution in [3.8, 4) is 0 Å². The van der Waals surface area contributed by atoms with Crippen molar-refractivity contribution in [3.05, 3.63) is 30.1 Å². The molecule has 0 saturated carbocycles. The predicted molar refractivity (Wildman–Crippen MR) is 68.0 cm³/mol. The van der Waals surface area contributed by atoms with E-state index in [-0.39, 0.29) is 11.8 Å². The van der Waals surface area contributed by atoms with Crippen LogP contribution in [0.3, 0.4) is 0 Å². The number of hydrogen-bond acceptors (Lipinski definition) is 3. The fourth-order valence-electron chi connectivity index (χ4n) is 1.28. The molecule has 6 heteroatoms. The van der Waals surface area contributed by atoms with Crippen LogP contribution in [0.25, 0.3) is 0 Å². The highest BCUT2D eigenvalue weighted by Crippen LogP contribution is 2.07. The van der Waals surface area contributed by atoms with Crippen LogP contribution in [0.1, 0.15) is 6.92 Å². The number of rotatable bonds is 6. The molecule has 0 heterocycles. The van der Waals surface area contributed by atoms with Gasteiger partial charge in [-0.1, -0.05) is 0 Å². The van der Waals surface area contributed by atoms with E-state index in [0.29, 0.717) is 25.3 Å². The van der Waals surface area contributed by atoms with Crippen LogP contribution in [0.15, 0.2) is 24.3 Å². The molecule has 100 valence electrons. The lowest BCUT2D eigenvalue weighted by atomic mass is 10.3. The summed E-state index contributed by atoms with van der Waals surface area (Å²) in [5.74, 6) is -0.344. The molecule has 0 aliphatic heterocycles. The molecule has 4 N–H and O–H groups in total. The minimum absolute atomic E-state index is 0.344. The molecular formula is C12H18FN3O2. The summed E-state index contributed by atoms with van der Waals surface area (Å²) in [5, 5.41) is 17.2. The number of carbonyl (C=O) groups excluding carboxylic acids is 1. The standard InChI is InChI=1S/C12H18FN3O2/c1-9(17)8-14-6-7-15-12(18)16-11-4-2-10(13)3-5-11/h2-5,9,14,17H,6-8H2,1H3,(H2,15,16,18). The molecule has 2 amide bonds. The van der Waals surface area contributed by atoms with E-state index in [1.165, 1.54) is 24.3 Å². The molecule has 0 aliphatic carbocycles. The molecule has 0 spiro atoms. The maximum Gasteiger partial charge on any atom is 0.319 e. The monoisotopic (exact) mass is 255 g/mol. The smallest absolute Gasteiger partial charge is 0.319 e. The van der Waals surface area contributed by atoms with Crippen LogP contribution in [0.5, 0.6) is 0 Å². The summed E-state index contributed by atoms with van der Waals surface area (Å²) >= 11 is 0. The molecule has 0 aromatic heterocycles. The molecule has 18 heavy (non-hydrogen) atoms. The summed E-state index contributed by atoms with van der Waals surface area (Å²) in [6.45, 7) is 3.18. The molecule has 1 unspecified atom stereocenters. The Morgan fingerprint density at radius 3 is 2.61 bits per heavy atom. The number of aliphatic hydroxyl groups excluding tert-OH is 1. The van der Waals surface area contributed by atoms with Gasteiger partial charge in [0.15, 0.2) is 0 Å². The second-order valence-electron chi connectivity index (χ2n) is 3.94. The van der Waals surface area contributed by atoms with Gasteiger partial charge in [-0.2, -0.15) is 0 Å². The Labute approximate surface area is 105 Å². The van der Waals surface area contributed by atoms with Crippen LogP contribution in [-0.4, -0.2) is 36.9 Å². The number of halogens is 1. The van der Waals surface area contributed by atoms with Gasteiger partial charge in [-0.05, 0) is 31.2 Å². The van der Waals surface area contributed by atoms with Crippen molar-refractivity contribution in [2.24, 2.45) is 0 Å². The van der Waals surface area contributed by atoms with Crippen molar-refractivity contribution < 1.29 is 14.3 Å². The van der Waals surface area contributed by atoms with E-state index < -0.39 is 6.10 Å². The van der Waals surface area contributed by atoms with Crippen LogP contribution in [-0.2, 0) is 0 Å². The van der Waals surface area contributed by atoms with E-state index in [0.717, 1.165) is 0 Å². The van der Waals surface area contributed by atoms with Crippen molar-refractivity contribution in [2.45, 2.75) is 13.0 Å². The van der Waals surface area contributed by atoms with Crippen LogP contribution in [0, 0.1) is 5.82 Å². The van der Waals surface area contributed by atoms with E-state index in [1.54, 1.807) is 6.92 Å². The predicted octanol–water partition coefficient (Wildman–Crippen LogP) is 0.918. The highest BCUT2D eigenvalue weighted by atomic mass is 19.1. The fourth-order valence-corrected chi connectivity index (χ4v) is 1.28. The SMILES string of the molecule is CC(O)CNCCNC(=O)Nc1ccc(F)cc1. The summed E-state index contributed by atoms with van der Waals surface area (Å²) in [7, 11) is 0. The van der Waals surface area contributed by atoms with Crippen molar-refractivity contribution in [3.63, 3.8) is 0 Å². The molecular weight excluding hydrogens is 237 g/mol. The van der Waals surface area contributed by atoms with Gasteiger partial charge >= 0.3 is 6.03 Å². The summed E-state index contributed by atoms with van der Waals surface area (Å²) < 4.78 is 12.6. The Hall–Kier alpha value is -1.66. The molecule has 1 aromatic rings. The largest absolute Gasteiger partial charge is 0.392 e. The number of anilines is 1. The van der Waals surface area contributed by atoms with Crippen LogP contribution < -0.4 is 16.0 Å². The molecule has 0 saturated heterocycles. The second kappa shape index (κ2) is 7.62. The number of nitrogens with one attached hydrogen (secondary N) is 3. The van der Waals surface area contributed by atoms with Gasteiger partial charge in [0.05, 0.1) is 6.10 Å². The number of benzene rings is 1. The number of amides is 2. The Kier molecular flexibility index (Phi) is 6.10. The van der Waals surface area contributed by atoms with Crippen molar-refractivity contribution in [1.82, 2.24) is 10.6 Å². The van der Waals surface area contributed by atoms with Gasteiger partial charge in [0, 0.05) is 25.3 Å². The molecule has 0 bridgehead atoms. The van der Waals surface area contributed by atoms with E-state index >= 15 is 0 Å². The van der Waals surface area contributed by atoms with E-state index in [2.05, 4.69) is 16.0 Å². The van der Waals surface area contributed by atoms with Crippen molar-refractivity contribution in [1.29, 1.82) is 0 Å². The minimum Gasteiger partial charge on any atom is -0.392 e. The van der Waals surface area contributed by atoms with Gasteiger partial charge in [-0.25, -0.2) is 9.18 Å². The Morgan fingerprint density at radius 2 is 2.00 bits per heavy atom. The number of carbonyl (C=O) groups is 1. The van der Waals surface area contributed by atoms with Crippen LogP contribution >= 0.6 is 0 Å². The lowest BCUT2D eigenvalue weighted by Gasteiger charge is -2.09. The average Bonchev–Trinajstić information content (AvgIpc) is 2.31. The quantitative estimate of drug-likeness (QED) is 0.571. The molecule has 0 fully saturated rings. The van der Waals surface area contributed by atoms with Gasteiger partial charge in [-0.3, -0.25) is 0 Å². The van der Waals surface area contributed by atoms with Gasteiger partial charge in [-0.15, -0.1) is 0 Å². The highest BCUT2D eigenvalue weighted by Gasteiger charge is 2.01. The Morgan fingerprint density at radius 1 is 1.33 bits per heavy atom. The van der Waals surface area contributed by atoms with Crippen LogP contribution in [0.4, 0.5) is 14.9 Å². The van der Waals surface area contributed by atoms with Gasteiger partial charge < -0.3 is 21.1 Å². The first-order chi connectivity index (χ1) is 8.58. The van der Waals surface area contributed by atoms with Crippen LogP contribution in [0.2, 0.25) is 0 Å². The maximum atomic E-state index is 12.6. The third kappa shape index (κ3) is 6.17. The molecule has 1 aromatic carbocycles. The van der Waals surface area contributed by atoms with Gasteiger partial charge in [0.1, 0.15) is 5.82 Å². The van der Waals surface area contributed by atoms with Gasteiger partial charge in [0.2, 0.25) is 0 Å². The molecule has 1 rings (SSSR count). The van der Waals surface area contributed by atoms with Crippen molar-refractivity contribution >= 4 is 11.7 Å². The second-order valence-corrected chi connectivity index (χ2v) is 3.94. The third-order valence-electron chi connectivity index (χ3n) is 2.13. The number of aliphatic hydroxyl groups is 1. The average molecular weight is 255 g/mol. The Balaban J connectivity index is 2.16. The first-order valence-electron chi connectivity index (χ1n) is 5.77. The Bertz CT molecular complexity index is 368. The zero-order chi connectivity index (χ0) is 13.4. The molecule has 1 atom stereocenters. The first kappa shape index (κ1) is 14.4. The summed E-state index contributed by atoms with van der Waals surface area (Å²) in [5.41, 5.74) is 0.533. The lowest BCUT2D eigenvalue weighted by Crippen LogP contribution is -2.36. The summed E-state index contributed by atoms with van der Waals surface area (Å²) in [4.78, 5) is 11.4. The zero-order valence-electron chi connectivity index (χ0n) is 10.2. The maximum absolute atomic E-state index is 12.6.